The Hall–Kier alpha value is -1.52. The van der Waals surface area contributed by atoms with Crippen LogP contribution in [0.4, 0.5) is 5.69 Å². The molecule has 0 fully saturated rings. The molecule has 2 heterocycles. The molecule has 90 valence electrons. The van der Waals surface area contributed by atoms with Crippen LogP contribution >= 0.6 is 23.1 Å². The fourth-order valence-electron chi connectivity index (χ4n) is 1.86. The zero-order chi connectivity index (χ0) is 12.4. The summed E-state index contributed by atoms with van der Waals surface area (Å²) in [5.74, 6) is 0.925. The summed E-state index contributed by atoms with van der Waals surface area (Å²) in [7, 11) is 0. The molecule has 0 aliphatic rings. The lowest BCUT2D eigenvalue weighted by Crippen LogP contribution is -1.92. The number of benzene rings is 1. The maximum atomic E-state index is 5.97. The Balaban J connectivity index is 1.94. The van der Waals surface area contributed by atoms with Crippen molar-refractivity contribution in [3.8, 4) is 0 Å². The molecule has 0 saturated heterocycles. The third kappa shape index (κ3) is 2.21. The van der Waals surface area contributed by atoms with Crippen molar-refractivity contribution in [3.63, 3.8) is 0 Å². The Labute approximate surface area is 114 Å². The van der Waals surface area contributed by atoms with Gasteiger partial charge in [-0.15, -0.1) is 23.1 Å². The SMILES string of the molecule is Nc1ccc(CSc2cccs2)c2ncccc12. The third-order valence-corrected chi connectivity index (χ3v) is 4.93. The van der Waals surface area contributed by atoms with Gasteiger partial charge in [0.05, 0.1) is 9.73 Å². The molecule has 0 spiro atoms. The molecule has 2 aromatic heterocycles. The Kier molecular flexibility index (Phi) is 3.21. The van der Waals surface area contributed by atoms with Gasteiger partial charge in [0, 0.05) is 23.0 Å². The van der Waals surface area contributed by atoms with E-state index in [9.17, 15) is 0 Å². The monoisotopic (exact) mass is 272 g/mol. The number of rotatable bonds is 3. The van der Waals surface area contributed by atoms with Crippen molar-refractivity contribution in [2.24, 2.45) is 0 Å². The Bertz CT molecular complexity index is 663. The molecule has 0 aliphatic carbocycles. The standard InChI is InChI=1S/C14H12N2S2/c15-12-6-5-10(9-18-13-4-2-8-17-13)14-11(12)3-1-7-16-14/h1-8H,9,15H2. The molecule has 0 radical (unpaired) electrons. The summed E-state index contributed by atoms with van der Waals surface area (Å²) in [4.78, 5) is 4.45. The summed E-state index contributed by atoms with van der Waals surface area (Å²) in [5.41, 5.74) is 9.02. The molecule has 2 N–H and O–H groups in total. The van der Waals surface area contributed by atoms with Crippen LogP contribution in [0.3, 0.4) is 0 Å². The Morgan fingerprint density at radius 2 is 2.11 bits per heavy atom. The lowest BCUT2D eigenvalue weighted by Gasteiger charge is -2.07. The van der Waals surface area contributed by atoms with Gasteiger partial charge < -0.3 is 5.73 Å². The topological polar surface area (TPSA) is 38.9 Å². The summed E-state index contributed by atoms with van der Waals surface area (Å²) in [6.45, 7) is 0. The first kappa shape index (κ1) is 11.6. The van der Waals surface area contributed by atoms with Crippen LogP contribution in [0.5, 0.6) is 0 Å². The number of thiophene rings is 1. The number of hydrogen-bond donors (Lipinski definition) is 1. The van der Waals surface area contributed by atoms with Crippen molar-refractivity contribution in [1.82, 2.24) is 4.98 Å². The van der Waals surface area contributed by atoms with Gasteiger partial charge in [-0.2, -0.15) is 0 Å². The van der Waals surface area contributed by atoms with E-state index in [4.69, 9.17) is 5.73 Å². The van der Waals surface area contributed by atoms with Crippen LogP contribution < -0.4 is 5.73 Å². The van der Waals surface area contributed by atoms with Crippen LogP contribution in [0.2, 0.25) is 0 Å². The van der Waals surface area contributed by atoms with Crippen LogP contribution in [0.25, 0.3) is 10.9 Å². The molecule has 4 heteroatoms. The molecule has 3 aromatic rings. The number of aromatic nitrogens is 1. The second kappa shape index (κ2) is 5.00. The predicted octanol–water partition coefficient (Wildman–Crippen LogP) is 4.17. The molecular weight excluding hydrogens is 260 g/mol. The minimum absolute atomic E-state index is 0.794. The van der Waals surface area contributed by atoms with E-state index in [-0.39, 0.29) is 0 Å². The minimum atomic E-state index is 0.794. The lowest BCUT2D eigenvalue weighted by molar-refractivity contribution is 1.35. The summed E-state index contributed by atoms with van der Waals surface area (Å²) < 4.78 is 1.33. The second-order valence-electron chi connectivity index (χ2n) is 3.93. The van der Waals surface area contributed by atoms with Crippen molar-refractivity contribution >= 4 is 39.7 Å². The highest BCUT2D eigenvalue weighted by Crippen LogP contribution is 2.30. The van der Waals surface area contributed by atoms with Crippen molar-refractivity contribution in [2.45, 2.75) is 9.96 Å². The van der Waals surface area contributed by atoms with Crippen LogP contribution in [0.1, 0.15) is 5.56 Å². The molecule has 2 nitrogen and oxygen atoms in total. The molecule has 0 aliphatic heterocycles. The maximum Gasteiger partial charge on any atom is 0.0763 e. The van der Waals surface area contributed by atoms with Gasteiger partial charge in [0.2, 0.25) is 0 Å². The first-order valence-electron chi connectivity index (χ1n) is 5.63. The number of nitrogen functional groups attached to an aromatic ring is 1. The number of nitrogens with two attached hydrogens (primary N) is 1. The van der Waals surface area contributed by atoms with E-state index in [0.717, 1.165) is 22.3 Å². The molecule has 0 saturated carbocycles. The van der Waals surface area contributed by atoms with Crippen molar-refractivity contribution in [3.05, 3.63) is 53.5 Å². The van der Waals surface area contributed by atoms with Crippen LogP contribution in [0, 0.1) is 0 Å². The van der Waals surface area contributed by atoms with E-state index in [1.807, 2.05) is 36.2 Å². The maximum absolute atomic E-state index is 5.97. The first-order chi connectivity index (χ1) is 8.84. The van der Waals surface area contributed by atoms with E-state index in [2.05, 4.69) is 28.6 Å². The van der Waals surface area contributed by atoms with Crippen molar-refractivity contribution in [1.29, 1.82) is 0 Å². The molecule has 0 amide bonds. The first-order valence-corrected chi connectivity index (χ1v) is 7.49. The third-order valence-electron chi connectivity index (χ3n) is 2.75. The molecule has 0 atom stereocenters. The summed E-state index contributed by atoms with van der Waals surface area (Å²) in [5, 5.41) is 3.14. The largest absolute Gasteiger partial charge is 0.398 e. The molecule has 0 unspecified atom stereocenters. The van der Waals surface area contributed by atoms with Gasteiger partial charge in [0.1, 0.15) is 0 Å². The number of fused-ring (bicyclic) bond motifs is 1. The van der Waals surface area contributed by atoms with Gasteiger partial charge in [-0.25, -0.2) is 0 Å². The molecule has 18 heavy (non-hydrogen) atoms. The smallest absolute Gasteiger partial charge is 0.0763 e. The summed E-state index contributed by atoms with van der Waals surface area (Å²) in [6.07, 6.45) is 1.82. The number of nitrogens with zero attached hydrogens (tertiary/aromatic N) is 1. The fraction of sp³-hybridized carbons (Fsp3) is 0.0714. The highest BCUT2D eigenvalue weighted by Gasteiger charge is 2.05. The van der Waals surface area contributed by atoms with Gasteiger partial charge >= 0.3 is 0 Å². The van der Waals surface area contributed by atoms with E-state index < -0.39 is 0 Å². The van der Waals surface area contributed by atoms with Crippen LogP contribution in [-0.4, -0.2) is 4.98 Å². The molecule has 1 aromatic carbocycles. The average molecular weight is 272 g/mol. The van der Waals surface area contributed by atoms with Crippen LogP contribution in [0.15, 0.2) is 52.2 Å². The Morgan fingerprint density at radius 3 is 2.94 bits per heavy atom. The number of hydrogen-bond acceptors (Lipinski definition) is 4. The predicted molar refractivity (Wildman–Crippen MR) is 80.0 cm³/mol. The van der Waals surface area contributed by atoms with E-state index in [1.165, 1.54) is 9.77 Å². The van der Waals surface area contributed by atoms with Gasteiger partial charge in [0.15, 0.2) is 0 Å². The normalized spacial score (nSPS) is 10.9. The highest BCUT2D eigenvalue weighted by atomic mass is 32.2. The zero-order valence-electron chi connectivity index (χ0n) is 9.67. The molecule has 0 bridgehead atoms. The molecule has 3 rings (SSSR count). The highest BCUT2D eigenvalue weighted by molar-refractivity contribution is 8.00. The number of anilines is 1. The van der Waals surface area contributed by atoms with Gasteiger partial charge in [-0.1, -0.05) is 12.1 Å². The van der Waals surface area contributed by atoms with E-state index >= 15 is 0 Å². The summed E-state index contributed by atoms with van der Waals surface area (Å²) >= 11 is 3.61. The number of thioether (sulfide) groups is 1. The van der Waals surface area contributed by atoms with Gasteiger partial charge in [-0.05, 0) is 35.2 Å². The van der Waals surface area contributed by atoms with Crippen LogP contribution in [-0.2, 0) is 5.75 Å². The van der Waals surface area contributed by atoms with E-state index in [1.54, 1.807) is 11.3 Å². The van der Waals surface area contributed by atoms with Crippen molar-refractivity contribution in [2.75, 3.05) is 5.73 Å². The average Bonchev–Trinajstić information content (AvgIpc) is 2.92. The number of pyridine rings is 1. The lowest BCUT2D eigenvalue weighted by atomic mass is 10.1. The Morgan fingerprint density at radius 1 is 1.17 bits per heavy atom. The fourth-order valence-corrected chi connectivity index (χ4v) is 3.63. The molecular formula is C14H12N2S2. The van der Waals surface area contributed by atoms with Crippen molar-refractivity contribution < 1.29 is 0 Å². The quantitative estimate of drug-likeness (QED) is 0.574. The van der Waals surface area contributed by atoms with Gasteiger partial charge in [0.25, 0.3) is 0 Å². The summed E-state index contributed by atoms with van der Waals surface area (Å²) in [6, 6.07) is 12.2. The second-order valence-corrected chi connectivity index (χ2v) is 6.16. The van der Waals surface area contributed by atoms with E-state index in [0.29, 0.717) is 0 Å². The zero-order valence-corrected chi connectivity index (χ0v) is 11.3. The minimum Gasteiger partial charge on any atom is -0.398 e. The van der Waals surface area contributed by atoms with Gasteiger partial charge in [-0.3, -0.25) is 4.98 Å².